The third-order valence-electron chi connectivity index (χ3n) is 5.40. The molecule has 1 saturated heterocycles. The first-order valence-corrected chi connectivity index (χ1v) is 9.55. The smallest absolute Gasteiger partial charge is 0.238 e. The first-order chi connectivity index (χ1) is 10.4. The monoisotopic (exact) mass is 445 g/mol. The molecule has 116 valence electrons. The van der Waals surface area contributed by atoms with Crippen molar-refractivity contribution in [3.05, 3.63) is 28.8 Å². The molecule has 22 heavy (non-hydrogen) atoms. The summed E-state index contributed by atoms with van der Waals surface area (Å²) in [4.78, 5) is 27.6. The Labute approximate surface area is 150 Å². The number of carbonyl (C=O) groups is 2. The average Bonchev–Trinajstić information content (AvgIpc) is 3.08. The number of nitrogens with zero attached hydrogens (tertiary/aromatic N) is 1. The maximum atomic E-state index is 12.9. The normalized spacial score (nSPS) is 39.7. The zero-order valence-corrected chi connectivity index (χ0v) is 15.7. The van der Waals surface area contributed by atoms with E-state index in [1.54, 1.807) is 12.1 Å². The van der Waals surface area contributed by atoms with Crippen LogP contribution < -0.4 is 4.90 Å². The number of carbonyl (C=O) groups excluding carboxylic acids is 2. The van der Waals surface area contributed by atoms with Crippen molar-refractivity contribution < 1.29 is 9.59 Å². The topological polar surface area (TPSA) is 37.4 Å². The lowest BCUT2D eigenvalue weighted by Crippen LogP contribution is -2.37. The number of rotatable bonds is 1. The molecule has 1 aromatic carbocycles. The van der Waals surface area contributed by atoms with E-state index in [4.69, 9.17) is 11.6 Å². The Balaban J connectivity index is 1.74. The van der Waals surface area contributed by atoms with Gasteiger partial charge in [-0.25, -0.2) is 4.90 Å². The first-order valence-electron chi connectivity index (χ1n) is 7.34. The van der Waals surface area contributed by atoms with Crippen molar-refractivity contribution >= 4 is 61.0 Å². The van der Waals surface area contributed by atoms with Gasteiger partial charge < -0.3 is 0 Å². The Bertz CT molecular complexity index is 663. The Kier molecular flexibility index (Phi) is 3.48. The highest BCUT2D eigenvalue weighted by molar-refractivity contribution is 9.12. The highest BCUT2D eigenvalue weighted by atomic mass is 79.9. The van der Waals surface area contributed by atoms with Gasteiger partial charge >= 0.3 is 0 Å². The second-order valence-electron chi connectivity index (χ2n) is 6.45. The van der Waals surface area contributed by atoms with Crippen molar-refractivity contribution in [2.24, 2.45) is 23.7 Å². The summed E-state index contributed by atoms with van der Waals surface area (Å²) < 4.78 is 0. The fraction of sp³-hybridized carbons (Fsp3) is 0.500. The summed E-state index contributed by atoms with van der Waals surface area (Å²) in [6, 6.07) is 5.37. The third-order valence-corrected chi connectivity index (χ3v) is 9.01. The molecule has 2 saturated carbocycles. The summed E-state index contributed by atoms with van der Waals surface area (Å²) >= 11 is 13.5. The van der Waals surface area contributed by atoms with Crippen molar-refractivity contribution in [2.45, 2.75) is 23.0 Å². The van der Waals surface area contributed by atoms with Crippen LogP contribution in [0.5, 0.6) is 0 Å². The molecule has 4 rings (SSSR count). The summed E-state index contributed by atoms with van der Waals surface area (Å²) in [5.41, 5.74) is 1.53. The molecule has 2 bridgehead atoms. The lowest BCUT2D eigenvalue weighted by molar-refractivity contribution is -0.123. The molecule has 3 aliphatic rings. The molecule has 2 amide bonds. The second-order valence-corrected chi connectivity index (χ2v) is 8.97. The summed E-state index contributed by atoms with van der Waals surface area (Å²) in [5.74, 6) is -0.0208. The molecule has 1 aromatic rings. The lowest BCUT2D eigenvalue weighted by atomic mass is 9.81. The number of benzene rings is 1. The molecule has 3 fully saturated rings. The van der Waals surface area contributed by atoms with Crippen LogP contribution in [-0.2, 0) is 9.59 Å². The second kappa shape index (κ2) is 5.05. The number of hydrogen-bond donors (Lipinski definition) is 0. The third kappa shape index (κ3) is 1.85. The van der Waals surface area contributed by atoms with Crippen molar-refractivity contribution in [2.75, 3.05) is 4.90 Å². The van der Waals surface area contributed by atoms with Crippen LogP contribution in [0, 0.1) is 30.6 Å². The van der Waals surface area contributed by atoms with Gasteiger partial charge in [0.1, 0.15) is 0 Å². The van der Waals surface area contributed by atoms with Crippen LogP contribution in [0.1, 0.15) is 12.0 Å². The van der Waals surface area contributed by atoms with Gasteiger partial charge in [0.25, 0.3) is 0 Å². The molecule has 0 aromatic heterocycles. The number of anilines is 1. The van der Waals surface area contributed by atoms with Gasteiger partial charge in [0.15, 0.2) is 0 Å². The van der Waals surface area contributed by atoms with E-state index in [-0.39, 0.29) is 45.1 Å². The predicted octanol–water partition coefficient (Wildman–Crippen LogP) is 3.93. The average molecular weight is 448 g/mol. The maximum Gasteiger partial charge on any atom is 0.238 e. The molecule has 6 unspecified atom stereocenters. The fourth-order valence-electron chi connectivity index (χ4n) is 4.32. The molecule has 1 heterocycles. The number of fused-ring (bicyclic) bond motifs is 5. The van der Waals surface area contributed by atoms with Gasteiger partial charge in [-0.2, -0.15) is 0 Å². The largest absolute Gasteiger partial charge is 0.274 e. The highest BCUT2D eigenvalue weighted by Gasteiger charge is 2.66. The molecule has 1 aliphatic heterocycles. The fourth-order valence-corrected chi connectivity index (χ4v) is 6.37. The number of alkyl halides is 2. The van der Waals surface area contributed by atoms with Crippen molar-refractivity contribution in [1.82, 2.24) is 0 Å². The standard InChI is InChI=1S/C16H14Br2ClNO2/c1-6-2-3-7(4-10(6)19)20-15(21)11-8-5-9(12(11)16(20)22)14(18)13(8)17/h2-4,8-9,11-14H,5H2,1H3. The zero-order valence-electron chi connectivity index (χ0n) is 11.8. The summed E-state index contributed by atoms with van der Waals surface area (Å²) in [6.45, 7) is 1.90. The minimum absolute atomic E-state index is 0.0636. The molecule has 0 radical (unpaired) electrons. The molecule has 6 heteroatoms. The summed E-state index contributed by atoms with van der Waals surface area (Å²) in [7, 11) is 0. The maximum absolute atomic E-state index is 12.9. The first kappa shape index (κ1) is 15.2. The van der Waals surface area contributed by atoms with E-state index in [9.17, 15) is 9.59 Å². The Morgan fingerprint density at radius 2 is 1.64 bits per heavy atom. The number of imide groups is 1. The Morgan fingerprint density at radius 1 is 1.09 bits per heavy atom. The number of amides is 2. The van der Waals surface area contributed by atoms with Gasteiger partial charge in [-0.3, -0.25) is 9.59 Å². The minimum Gasteiger partial charge on any atom is -0.274 e. The van der Waals surface area contributed by atoms with E-state index in [1.165, 1.54) is 4.90 Å². The summed E-state index contributed by atoms with van der Waals surface area (Å²) in [5, 5.41) is 0.579. The molecule has 3 nitrogen and oxygen atoms in total. The van der Waals surface area contributed by atoms with E-state index in [0.717, 1.165) is 12.0 Å². The van der Waals surface area contributed by atoms with E-state index >= 15 is 0 Å². The molecule has 2 aliphatic carbocycles. The lowest BCUT2D eigenvalue weighted by Gasteiger charge is -2.28. The van der Waals surface area contributed by atoms with Crippen LogP contribution in [0.25, 0.3) is 0 Å². The van der Waals surface area contributed by atoms with Gasteiger partial charge in [0.05, 0.1) is 17.5 Å². The number of halogens is 3. The van der Waals surface area contributed by atoms with E-state index in [1.807, 2.05) is 13.0 Å². The van der Waals surface area contributed by atoms with E-state index in [2.05, 4.69) is 31.9 Å². The molecular weight excluding hydrogens is 433 g/mol. The minimum atomic E-state index is -0.184. The predicted molar refractivity (Wildman–Crippen MR) is 92.7 cm³/mol. The quantitative estimate of drug-likeness (QED) is 0.483. The SMILES string of the molecule is Cc1ccc(N2C(=O)C3C4CC(C(Br)C4Br)C3C2=O)cc1Cl. The van der Waals surface area contributed by atoms with Gasteiger partial charge in [-0.15, -0.1) is 0 Å². The van der Waals surface area contributed by atoms with Crippen molar-refractivity contribution in [3.8, 4) is 0 Å². The van der Waals surface area contributed by atoms with Crippen LogP contribution in [0.2, 0.25) is 5.02 Å². The van der Waals surface area contributed by atoms with Crippen LogP contribution in [0.4, 0.5) is 5.69 Å². The van der Waals surface area contributed by atoms with Gasteiger partial charge in [-0.1, -0.05) is 49.5 Å². The molecule has 6 atom stereocenters. The van der Waals surface area contributed by atoms with Crippen LogP contribution in [0.3, 0.4) is 0 Å². The molecule has 0 N–H and O–H groups in total. The number of aryl methyl sites for hydroxylation is 1. The summed E-state index contributed by atoms with van der Waals surface area (Å²) in [6.07, 6.45) is 0.946. The highest BCUT2D eigenvalue weighted by Crippen LogP contribution is 2.60. The van der Waals surface area contributed by atoms with Crippen LogP contribution >= 0.6 is 43.5 Å². The van der Waals surface area contributed by atoms with Crippen LogP contribution in [0.15, 0.2) is 18.2 Å². The molecular formula is C16H14Br2ClNO2. The Morgan fingerprint density at radius 3 is 2.14 bits per heavy atom. The van der Waals surface area contributed by atoms with E-state index < -0.39 is 0 Å². The van der Waals surface area contributed by atoms with Crippen molar-refractivity contribution in [3.63, 3.8) is 0 Å². The number of hydrogen-bond acceptors (Lipinski definition) is 2. The van der Waals surface area contributed by atoms with Gasteiger partial charge in [0.2, 0.25) is 11.8 Å². The Hall–Kier alpha value is -0.390. The van der Waals surface area contributed by atoms with Gasteiger partial charge in [0, 0.05) is 14.7 Å². The van der Waals surface area contributed by atoms with E-state index in [0.29, 0.717) is 10.7 Å². The molecule has 0 spiro atoms. The van der Waals surface area contributed by atoms with Gasteiger partial charge in [-0.05, 0) is 42.9 Å². The van der Waals surface area contributed by atoms with Crippen LogP contribution in [-0.4, -0.2) is 21.5 Å². The van der Waals surface area contributed by atoms with Crippen molar-refractivity contribution in [1.29, 1.82) is 0 Å². The zero-order chi connectivity index (χ0) is 15.8.